The van der Waals surface area contributed by atoms with Crippen LogP contribution in [0.2, 0.25) is 0 Å². The van der Waals surface area contributed by atoms with E-state index in [0.717, 1.165) is 21.1 Å². The number of carbonyl (C=O) groups is 1. The summed E-state index contributed by atoms with van der Waals surface area (Å²) in [5.41, 5.74) is 3.81. The van der Waals surface area contributed by atoms with Gasteiger partial charge in [-0.3, -0.25) is 4.79 Å². The van der Waals surface area contributed by atoms with E-state index in [9.17, 15) is 13.2 Å². The predicted molar refractivity (Wildman–Crippen MR) is 95.6 cm³/mol. The number of hydrogen-bond donors (Lipinski definition) is 1. The fraction of sp³-hybridized carbons (Fsp3) is 0.278. The van der Waals surface area contributed by atoms with Crippen LogP contribution in [0.4, 0.5) is 5.69 Å². The number of sulfonamides is 1. The molecule has 2 rings (SSSR count). The highest BCUT2D eigenvalue weighted by Gasteiger charge is 2.16. The van der Waals surface area contributed by atoms with Crippen molar-refractivity contribution in [2.75, 3.05) is 19.4 Å². The minimum Gasteiger partial charge on any atom is -0.326 e. The molecule has 0 aliphatic heterocycles. The highest BCUT2D eigenvalue weighted by atomic mass is 32.2. The summed E-state index contributed by atoms with van der Waals surface area (Å²) in [7, 11) is -0.474. The Hall–Kier alpha value is -2.18. The summed E-state index contributed by atoms with van der Waals surface area (Å²) in [6.07, 6.45) is 0.190. The van der Waals surface area contributed by atoms with Gasteiger partial charge < -0.3 is 5.32 Å². The van der Waals surface area contributed by atoms with Crippen molar-refractivity contribution in [2.45, 2.75) is 25.2 Å². The summed E-state index contributed by atoms with van der Waals surface area (Å²) < 4.78 is 25.2. The zero-order valence-corrected chi connectivity index (χ0v) is 15.1. The van der Waals surface area contributed by atoms with Crippen LogP contribution in [0.25, 0.3) is 0 Å². The van der Waals surface area contributed by atoms with Crippen LogP contribution in [0.15, 0.2) is 47.4 Å². The Morgan fingerprint density at radius 2 is 1.62 bits per heavy atom. The molecular weight excluding hydrogens is 324 g/mol. The van der Waals surface area contributed by atoms with Crippen LogP contribution >= 0.6 is 0 Å². The van der Waals surface area contributed by atoms with Crippen molar-refractivity contribution in [1.82, 2.24) is 4.31 Å². The summed E-state index contributed by atoms with van der Waals surface area (Å²) in [5, 5.41) is 2.86. The molecule has 128 valence electrons. The van der Waals surface area contributed by atoms with E-state index in [-0.39, 0.29) is 17.2 Å². The van der Waals surface area contributed by atoms with Crippen LogP contribution in [0.5, 0.6) is 0 Å². The van der Waals surface area contributed by atoms with Gasteiger partial charge >= 0.3 is 0 Å². The Morgan fingerprint density at radius 1 is 1.00 bits per heavy atom. The van der Waals surface area contributed by atoms with Gasteiger partial charge in [-0.2, -0.15) is 0 Å². The molecule has 0 aromatic heterocycles. The van der Waals surface area contributed by atoms with Gasteiger partial charge in [0.1, 0.15) is 0 Å². The topological polar surface area (TPSA) is 66.5 Å². The number of carbonyl (C=O) groups excluding carboxylic acids is 1. The summed E-state index contributed by atoms with van der Waals surface area (Å²) in [4.78, 5) is 12.3. The molecule has 0 atom stereocenters. The molecule has 0 bridgehead atoms. The van der Waals surface area contributed by atoms with Gasteiger partial charge in [0.05, 0.1) is 11.3 Å². The number of nitrogens with zero attached hydrogens (tertiary/aromatic N) is 1. The second-order valence-electron chi connectivity index (χ2n) is 5.96. The molecule has 0 aliphatic rings. The normalized spacial score (nSPS) is 11.5. The summed E-state index contributed by atoms with van der Waals surface area (Å²) >= 11 is 0. The standard InChI is InChI=1S/C18H22N2O3S/c1-13-5-8-16(11-14(13)2)19-18(21)12-15-6-9-17(10-7-15)24(22,23)20(3)4/h5-11H,12H2,1-4H3,(H,19,21). The summed E-state index contributed by atoms with van der Waals surface area (Å²) in [6.45, 7) is 4.01. The van der Waals surface area contributed by atoms with Crippen molar-refractivity contribution < 1.29 is 13.2 Å². The van der Waals surface area contributed by atoms with Crippen LogP contribution < -0.4 is 5.32 Å². The number of aryl methyl sites for hydroxylation is 2. The first-order valence-corrected chi connectivity index (χ1v) is 9.03. The molecule has 5 nitrogen and oxygen atoms in total. The summed E-state index contributed by atoms with van der Waals surface area (Å²) in [6, 6.07) is 12.1. The zero-order chi connectivity index (χ0) is 17.9. The molecule has 2 aromatic carbocycles. The molecule has 6 heteroatoms. The van der Waals surface area contributed by atoms with Crippen molar-refractivity contribution in [3.63, 3.8) is 0 Å². The van der Waals surface area contributed by atoms with E-state index < -0.39 is 10.0 Å². The largest absolute Gasteiger partial charge is 0.326 e. The van der Waals surface area contributed by atoms with E-state index >= 15 is 0 Å². The van der Waals surface area contributed by atoms with Crippen molar-refractivity contribution in [3.8, 4) is 0 Å². The first-order valence-electron chi connectivity index (χ1n) is 7.59. The maximum absolute atomic E-state index is 12.1. The lowest BCUT2D eigenvalue weighted by atomic mass is 10.1. The molecular formula is C18H22N2O3S. The molecule has 0 unspecified atom stereocenters. The van der Waals surface area contributed by atoms with Crippen LogP contribution in [-0.2, 0) is 21.2 Å². The number of rotatable bonds is 5. The molecule has 0 saturated heterocycles. The van der Waals surface area contributed by atoms with Crippen molar-refractivity contribution in [3.05, 3.63) is 59.2 Å². The Kier molecular flexibility index (Phi) is 5.41. The Labute approximate surface area is 143 Å². The number of nitrogens with one attached hydrogen (secondary N) is 1. The Balaban J connectivity index is 2.05. The third-order valence-corrected chi connectivity index (χ3v) is 5.69. The van der Waals surface area contributed by atoms with E-state index in [1.807, 2.05) is 32.0 Å². The lowest BCUT2D eigenvalue weighted by Crippen LogP contribution is -2.22. The van der Waals surface area contributed by atoms with Crippen LogP contribution in [0.1, 0.15) is 16.7 Å². The number of anilines is 1. The smallest absolute Gasteiger partial charge is 0.242 e. The highest BCUT2D eigenvalue weighted by molar-refractivity contribution is 7.89. The van der Waals surface area contributed by atoms with Crippen molar-refractivity contribution in [2.24, 2.45) is 0 Å². The third kappa shape index (κ3) is 4.21. The van der Waals surface area contributed by atoms with Gasteiger partial charge in [0.15, 0.2) is 0 Å². The lowest BCUT2D eigenvalue weighted by Gasteiger charge is -2.12. The summed E-state index contributed by atoms with van der Waals surface area (Å²) in [5.74, 6) is -0.138. The Bertz CT molecular complexity index is 841. The molecule has 1 N–H and O–H groups in total. The second kappa shape index (κ2) is 7.15. The quantitative estimate of drug-likeness (QED) is 0.905. The molecule has 0 heterocycles. The predicted octanol–water partition coefficient (Wildman–Crippen LogP) is 2.73. The van der Waals surface area contributed by atoms with Crippen molar-refractivity contribution in [1.29, 1.82) is 0 Å². The van der Waals surface area contributed by atoms with Crippen LogP contribution in [-0.4, -0.2) is 32.7 Å². The van der Waals surface area contributed by atoms with E-state index in [4.69, 9.17) is 0 Å². The zero-order valence-electron chi connectivity index (χ0n) is 14.3. The minimum absolute atomic E-state index is 0.138. The molecule has 1 amide bonds. The third-order valence-electron chi connectivity index (χ3n) is 3.86. The number of amides is 1. The monoisotopic (exact) mass is 346 g/mol. The van der Waals surface area contributed by atoms with E-state index in [1.165, 1.54) is 31.8 Å². The van der Waals surface area contributed by atoms with Crippen LogP contribution in [0.3, 0.4) is 0 Å². The van der Waals surface area contributed by atoms with Crippen molar-refractivity contribution >= 4 is 21.6 Å². The maximum atomic E-state index is 12.1. The number of benzene rings is 2. The van der Waals surface area contributed by atoms with Gasteiger partial charge in [-0.1, -0.05) is 18.2 Å². The average molecular weight is 346 g/mol. The van der Waals surface area contributed by atoms with Gasteiger partial charge in [-0.25, -0.2) is 12.7 Å². The highest BCUT2D eigenvalue weighted by Crippen LogP contribution is 2.16. The first kappa shape index (κ1) is 18.2. The fourth-order valence-corrected chi connectivity index (χ4v) is 3.10. The fourth-order valence-electron chi connectivity index (χ4n) is 2.20. The SMILES string of the molecule is Cc1ccc(NC(=O)Cc2ccc(S(=O)(=O)N(C)C)cc2)cc1C. The van der Waals surface area contributed by atoms with Crippen LogP contribution in [0, 0.1) is 13.8 Å². The molecule has 2 aromatic rings. The second-order valence-corrected chi connectivity index (χ2v) is 8.11. The van der Waals surface area contributed by atoms with Gasteiger partial charge in [-0.15, -0.1) is 0 Å². The molecule has 0 fully saturated rings. The molecule has 0 saturated carbocycles. The van der Waals surface area contributed by atoms with Gasteiger partial charge in [0, 0.05) is 19.8 Å². The molecule has 24 heavy (non-hydrogen) atoms. The molecule has 0 aliphatic carbocycles. The molecule has 0 radical (unpaired) electrons. The lowest BCUT2D eigenvalue weighted by molar-refractivity contribution is -0.115. The average Bonchev–Trinajstić information content (AvgIpc) is 2.51. The molecule has 0 spiro atoms. The minimum atomic E-state index is -3.45. The maximum Gasteiger partial charge on any atom is 0.242 e. The number of hydrogen-bond acceptors (Lipinski definition) is 3. The van der Waals surface area contributed by atoms with E-state index in [0.29, 0.717) is 0 Å². The van der Waals surface area contributed by atoms with Gasteiger partial charge in [-0.05, 0) is 54.8 Å². The Morgan fingerprint density at radius 3 is 2.17 bits per heavy atom. The van der Waals surface area contributed by atoms with Gasteiger partial charge in [0.25, 0.3) is 0 Å². The first-order chi connectivity index (χ1) is 11.2. The van der Waals surface area contributed by atoms with E-state index in [1.54, 1.807) is 12.1 Å². The van der Waals surface area contributed by atoms with E-state index in [2.05, 4.69) is 5.32 Å². The van der Waals surface area contributed by atoms with Gasteiger partial charge in [0.2, 0.25) is 15.9 Å².